The van der Waals surface area contributed by atoms with E-state index in [9.17, 15) is 0 Å². The van der Waals surface area contributed by atoms with Crippen LogP contribution in [0.15, 0.2) is 303 Å². The Bertz CT molecular complexity index is 4260. The lowest BCUT2D eigenvalue weighted by atomic mass is 10.2. The van der Waals surface area contributed by atoms with Gasteiger partial charge < -0.3 is 57.6 Å². The van der Waals surface area contributed by atoms with Crippen molar-refractivity contribution in [1.29, 1.82) is 0 Å². The van der Waals surface area contributed by atoms with Crippen molar-refractivity contribution < 1.29 is 57.6 Å². The van der Waals surface area contributed by atoms with E-state index in [0.717, 1.165) is 11.1 Å². The summed E-state index contributed by atoms with van der Waals surface area (Å²) in [7, 11) is -48.3. The second-order valence-electron chi connectivity index (χ2n) is 22.6. The van der Waals surface area contributed by atoms with E-state index in [4.69, 9.17) is 80.8 Å². The van der Waals surface area contributed by atoms with Crippen molar-refractivity contribution in [3.8, 4) is 0 Å². The summed E-state index contributed by atoms with van der Waals surface area (Å²) >= 11 is 13.2. The molecule has 0 radical (unpaired) electrons. The van der Waals surface area contributed by atoms with Gasteiger partial charge in [0.25, 0.3) is 0 Å². The highest BCUT2D eigenvalue weighted by atomic mass is 35.5. The van der Waals surface area contributed by atoms with Crippen LogP contribution < -0.4 is 41.5 Å². The second kappa shape index (κ2) is 26.6. The first-order valence-corrected chi connectivity index (χ1v) is 50.1. The van der Waals surface area contributed by atoms with Crippen LogP contribution in [-0.2, 0) is 57.6 Å². The zero-order chi connectivity index (χ0) is 63.7. The van der Waals surface area contributed by atoms with Crippen LogP contribution in [0.3, 0.4) is 0 Å². The number of benzene rings is 10. The molecule has 10 atom stereocenters. The molecule has 0 spiro atoms. The first-order chi connectivity index (χ1) is 45.2. The molecule has 27 heteroatoms. The third-order valence-corrected chi connectivity index (χ3v) is 58.3. The van der Waals surface area contributed by atoms with Gasteiger partial charge in [0.05, 0.1) is 0 Å². The van der Waals surface area contributed by atoms with E-state index in [0.29, 0.717) is 51.5 Å². The molecule has 6 bridgehead atoms. The molecule has 14 nitrogen and oxygen atoms in total. The molecule has 468 valence electrons. The monoisotopic (exact) mass is 1460 g/mol. The molecule has 0 N–H and O–H groups in total. The van der Waals surface area contributed by atoms with Gasteiger partial charge in [0.2, 0.25) is 0 Å². The van der Waals surface area contributed by atoms with Gasteiger partial charge in [-0.05, 0) is 65.1 Å². The van der Waals surface area contributed by atoms with E-state index in [2.05, 4.69) is 0 Å². The summed E-state index contributed by atoms with van der Waals surface area (Å²) in [5.41, 5.74) is 5.54. The summed E-state index contributed by atoms with van der Waals surface area (Å²) in [6.45, 7) is 3.91. The van der Waals surface area contributed by atoms with Gasteiger partial charge >= 0.3 is 88.0 Å². The molecule has 0 aliphatic carbocycles. The predicted molar refractivity (Wildman–Crippen MR) is 385 cm³/mol. The maximum Gasteiger partial charge on any atom is 0.515 e. The Labute approximate surface area is 565 Å². The fourth-order valence-corrected chi connectivity index (χ4v) is 65.4. The van der Waals surface area contributed by atoms with Gasteiger partial charge in [-0.3, -0.25) is 0 Å². The molecular weight excluding hydrogens is 1400 g/mol. The van der Waals surface area contributed by atoms with Crippen molar-refractivity contribution in [3.63, 3.8) is 0 Å². The zero-order valence-corrected chi connectivity index (χ0v) is 64.2. The molecule has 4 heterocycles. The minimum absolute atomic E-state index is 0.0541. The van der Waals surface area contributed by atoms with Crippen LogP contribution >= 0.6 is 23.2 Å². The van der Waals surface area contributed by atoms with Crippen LogP contribution in [0.1, 0.15) is 11.1 Å². The number of hydrogen-bond donors (Lipinski definition) is 0. The van der Waals surface area contributed by atoms with E-state index < -0.39 is 88.0 Å². The molecular formula is C66H62Cl2O14Si11. The van der Waals surface area contributed by atoms with E-state index in [1.165, 1.54) is 0 Å². The molecule has 93 heavy (non-hydrogen) atoms. The molecule has 8 unspecified atom stereocenters. The number of halogens is 2. The Kier molecular flexibility index (Phi) is 18.4. The van der Waals surface area contributed by atoms with Crippen molar-refractivity contribution >= 4 is 175 Å². The summed E-state index contributed by atoms with van der Waals surface area (Å²) in [6, 6.07) is 92.6. The second-order valence-corrected chi connectivity index (χ2v) is 53.8. The van der Waals surface area contributed by atoms with Gasteiger partial charge in [0.1, 0.15) is 10.5 Å². The summed E-state index contributed by atoms with van der Waals surface area (Å²) in [5, 5.41) is 5.40. The number of hydrogen-bond acceptors (Lipinski definition) is 14. The maximum atomic E-state index is 8.67. The standard InChI is InChI=1S/C66H62Cl2O14Si11/c1-85(53-51-55-43-47-57(67)48-44-55)72-87(69-83,60-29-13-4-14-30-60)76-92(65-39-23-9-24-40-65)77-88(61-31-15-5-16-32-61)70-84(59-27-11-3-12-28-59)71-89(62-33-17-6-18-34-62)78-90(74-85,63-35-19-7-20-36-63)80-93(82-92,66-41-25-10-26-42-66)81-91(79-89,64-37-21-8-22-38-64)75-86(2,73-88)54-52-56-45-49-58(68)50-46-56/h3-54,84H,1-2,83H3/b53-51+,54-52+/t84?,85?,86?,87?,88?,89?,90?,91?,92-,93+/m1/s1. The molecule has 4 aliphatic heterocycles. The lowest BCUT2D eigenvalue weighted by molar-refractivity contribution is 0.0568. The molecule has 4 fully saturated rings. The largest absolute Gasteiger partial charge is 0.515 e. The summed E-state index contributed by atoms with van der Waals surface area (Å²) < 4.78 is 117. The number of rotatable bonds is 13. The van der Waals surface area contributed by atoms with Crippen LogP contribution in [-0.4, -0.2) is 98.5 Å². The summed E-state index contributed by atoms with van der Waals surface area (Å²) in [4.78, 5) is 0. The van der Waals surface area contributed by atoms with Gasteiger partial charge in [-0.15, -0.1) is 0 Å². The fourth-order valence-electron chi connectivity index (χ4n) is 11.5. The molecule has 0 amide bonds. The average molecular weight is 1460 g/mol. The Morgan fingerprint density at radius 2 is 0.559 bits per heavy atom. The predicted octanol–water partition coefficient (Wildman–Crippen LogP) is 7.56. The van der Waals surface area contributed by atoms with Crippen molar-refractivity contribution in [2.24, 2.45) is 0 Å². The molecule has 14 rings (SSSR count). The molecule has 0 aromatic heterocycles. The zero-order valence-electron chi connectivity index (χ0n) is 50.6. The van der Waals surface area contributed by atoms with E-state index in [1.807, 2.05) is 328 Å². The summed E-state index contributed by atoms with van der Waals surface area (Å²) in [6.07, 6.45) is 3.93. The first-order valence-electron chi connectivity index (χ1n) is 30.1. The van der Waals surface area contributed by atoms with Crippen LogP contribution in [0.2, 0.25) is 23.1 Å². The molecule has 10 aromatic rings. The molecule has 4 aliphatic rings. The van der Waals surface area contributed by atoms with Crippen molar-refractivity contribution in [2.75, 3.05) is 0 Å². The van der Waals surface area contributed by atoms with Crippen LogP contribution in [0, 0.1) is 0 Å². The van der Waals surface area contributed by atoms with Crippen molar-refractivity contribution in [3.05, 3.63) is 324 Å². The average Bonchev–Trinajstić information content (AvgIpc) is 0.691. The minimum atomic E-state index is -5.33. The highest BCUT2D eigenvalue weighted by molar-refractivity contribution is 7.10. The third-order valence-electron chi connectivity index (χ3n) is 15.9. The van der Waals surface area contributed by atoms with Gasteiger partial charge in [-0.25, -0.2) is 0 Å². The van der Waals surface area contributed by atoms with Crippen LogP contribution in [0.4, 0.5) is 0 Å². The molecule has 0 saturated carbocycles. The van der Waals surface area contributed by atoms with Crippen molar-refractivity contribution in [1.82, 2.24) is 0 Å². The van der Waals surface area contributed by atoms with Gasteiger partial charge in [0.15, 0.2) is 0 Å². The lowest BCUT2D eigenvalue weighted by Gasteiger charge is -2.57. The Morgan fingerprint density at radius 3 is 0.903 bits per heavy atom. The highest BCUT2D eigenvalue weighted by Gasteiger charge is 2.79. The van der Waals surface area contributed by atoms with Crippen LogP contribution in [0.25, 0.3) is 12.2 Å². The van der Waals surface area contributed by atoms with E-state index in [-0.39, 0.29) is 10.5 Å². The van der Waals surface area contributed by atoms with E-state index >= 15 is 0 Å². The third kappa shape index (κ3) is 13.2. The lowest BCUT2D eigenvalue weighted by Crippen LogP contribution is -2.89. The fraction of sp³-hybridized carbons (Fsp3) is 0.0303. The maximum absolute atomic E-state index is 8.67. The van der Waals surface area contributed by atoms with Gasteiger partial charge in [-0.1, -0.05) is 302 Å². The normalized spacial score (nSPS) is 30.6. The van der Waals surface area contributed by atoms with Crippen LogP contribution in [0.5, 0.6) is 0 Å². The highest BCUT2D eigenvalue weighted by Crippen LogP contribution is 2.44. The topological polar surface area (TPSA) is 129 Å². The van der Waals surface area contributed by atoms with Gasteiger partial charge in [0, 0.05) is 46.4 Å². The summed E-state index contributed by atoms with van der Waals surface area (Å²) in [5.74, 6) is 0. The Balaban J connectivity index is 1.23. The van der Waals surface area contributed by atoms with Crippen molar-refractivity contribution in [2.45, 2.75) is 13.1 Å². The first kappa shape index (κ1) is 64.4. The van der Waals surface area contributed by atoms with E-state index in [1.54, 1.807) is 0 Å². The Morgan fingerprint density at radius 1 is 0.301 bits per heavy atom. The SMILES string of the molecule is C[Si]1(/C=C/c2ccc(Cl)cc2)O[Si](O[SiH3])(c2ccccc2)O[Si@]2(c3ccccc3)O[Si]3(c4ccccc4)O[SiH](c4ccccc4)O[Si]4(c5ccccc5)O[Si](c5ccccc5)(O1)O[Si@@](c1ccccc1)(O[Si](c1ccccc1)(O[Si](C)(/C=C/c1ccc(Cl)cc1)O3)O4)O2. The number of fused-ring (bicyclic) bond motifs is 6. The molecule has 10 aromatic carbocycles. The molecule has 4 saturated heterocycles. The Hall–Kier alpha value is -5.91. The van der Waals surface area contributed by atoms with Gasteiger partial charge in [-0.2, -0.15) is 0 Å². The quantitative estimate of drug-likeness (QED) is 0.105. The smallest absolute Gasteiger partial charge is 0.422 e. The minimum Gasteiger partial charge on any atom is -0.422 e.